The molecule has 0 radical (unpaired) electrons. The molecule has 2 N–H and O–H groups in total. The molecule has 3 rings (SSSR count). The summed E-state index contributed by atoms with van der Waals surface area (Å²) in [5.41, 5.74) is 0.407. The summed E-state index contributed by atoms with van der Waals surface area (Å²) in [5, 5.41) is 11.7. The number of aliphatic carboxylic acids is 1. The summed E-state index contributed by atoms with van der Waals surface area (Å²) in [7, 11) is -3.47. The molecule has 1 saturated heterocycles. The minimum atomic E-state index is -3.47. The lowest BCUT2D eigenvalue weighted by Crippen LogP contribution is -2.46. The van der Waals surface area contributed by atoms with Crippen molar-refractivity contribution in [1.82, 2.24) is 15.1 Å². The minimum absolute atomic E-state index is 0.00324. The first-order chi connectivity index (χ1) is 14.6. The molecule has 1 aliphatic heterocycles. The lowest BCUT2D eigenvalue weighted by molar-refractivity contribution is -0.139. The molecule has 1 fully saturated rings. The first-order valence-electron chi connectivity index (χ1n) is 9.11. The van der Waals surface area contributed by atoms with E-state index in [9.17, 15) is 32.7 Å². The van der Waals surface area contributed by atoms with Crippen molar-refractivity contribution in [3.63, 3.8) is 0 Å². The zero-order valence-corrected chi connectivity index (χ0v) is 17.2. The van der Waals surface area contributed by atoms with Crippen LogP contribution in [0.1, 0.15) is 22.0 Å². The lowest BCUT2D eigenvalue weighted by atomic mass is 10.1. The fraction of sp³-hybridized carbons (Fsp3) is 0.200. The van der Waals surface area contributed by atoms with E-state index in [0.29, 0.717) is 0 Å². The maximum absolute atomic E-state index is 12.6. The van der Waals surface area contributed by atoms with Crippen LogP contribution < -0.4 is 5.32 Å². The van der Waals surface area contributed by atoms with Crippen molar-refractivity contribution in [2.75, 3.05) is 19.3 Å². The van der Waals surface area contributed by atoms with Gasteiger partial charge in [0, 0.05) is 18.4 Å². The zero-order valence-electron chi connectivity index (χ0n) is 16.4. The molecule has 0 aliphatic carbocycles. The average molecular weight is 445 g/mol. The number of rotatable bonds is 5. The maximum atomic E-state index is 12.6. The summed E-state index contributed by atoms with van der Waals surface area (Å²) in [6.45, 7) is -0.122. The van der Waals surface area contributed by atoms with E-state index < -0.39 is 39.8 Å². The molecule has 11 heteroatoms. The van der Waals surface area contributed by atoms with Crippen molar-refractivity contribution in [1.29, 1.82) is 0 Å². The van der Waals surface area contributed by atoms with Gasteiger partial charge in [-0.2, -0.15) is 0 Å². The van der Waals surface area contributed by atoms with Crippen LogP contribution in [0.5, 0.6) is 0 Å². The zero-order chi connectivity index (χ0) is 22.8. The second-order valence-corrected chi connectivity index (χ2v) is 8.83. The van der Waals surface area contributed by atoms with E-state index >= 15 is 0 Å². The highest BCUT2D eigenvalue weighted by Crippen LogP contribution is 2.19. The first-order valence-corrected chi connectivity index (χ1v) is 11.0. The highest BCUT2D eigenvalue weighted by molar-refractivity contribution is 7.90. The number of sulfone groups is 1. The SMILES string of the molecule is CS(=O)(=O)c1ccc(C(NC(=O)N2CCN(C(=O)c3ccccc3)C2=O)C(=O)O)cc1. The van der Waals surface area contributed by atoms with Crippen molar-refractivity contribution >= 4 is 33.8 Å². The summed E-state index contributed by atoms with van der Waals surface area (Å²) in [6.07, 6.45) is 1.01. The first kappa shape index (κ1) is 22.0. The van der Waals surface area contributed by atoms with Gasteiger partial charge in [0.2, 0.25) is 0 Å². The summed E-state index contributed by atoms with van der Waals surface area (Å²) in [4.78, 5) is 51.0. The predicted octanol–water partition coefficient (Wildman–Crippen LogP) is 1.50. The van der Waals surface area contributed by atoms with Gasteiger partial charge in [-0.25, -0.2) is 27.7 Å². The van der Waals surface area contributed by atoms with Gasteiger partial charge in [-0.1, -0.05) is 30.3 Å². The molecule has 0 saturated carbocycles. The Kier molecular flexibility index (Phi) is 6.07. The number of carboxylic acid groups (broad SMARTS) is 1. The Morgan fingerprint density at radius 1 is 0.968 bits per heavy atom. The Labute approximate surface area is 178 Å². The molecule has 1 heterocycles. The quantitative estimate of drug-likeness (QED) is 0.710. The Balaban J connectivity index is 1.74. The molecule has 2 aromatic rings. The van der Waals surface area contributed by atoms with Crippen LogP contribution in [0.2, 0.25) is 0 Å². The van der Waals surface area contributed by atoms with Crippen molar-refractivity contribution in [2.24, 2.45) is 0 Å². The third-order valence-corrected chi connectivity index (χ3v) is 5.80. The van der Waals surface area contributed by atoms with Gasteiger partial charge in [0.05, 0.1) is 11.4 Å². The van der Waals surface area contributed by atoms with Crippen LogP contribution in [0.3, 0.4) is 0 Å². The van der Waals surface area contributed by atoms with Crippen LogP contribution in [0.4, 0.5) is 9.59 Å². The third-order valence-electron chi connectivity index (χ3n) is 4.68. The van der Waals surface area contributed by atoms with Gasteiger partial charge in [0.15, 0.2) is 15.9 Å². The number of nitrogens with zero attached hydrogens (tertiary/aromatic N) is 2. The minimum Gasteiger partial charge on any atom is -0.479 e. The van der Waals surface area contributed by atoms with Crippen LogP contribution in [0.15, 0.2) is 59.5 Å². The van der Waals surface area contributed by atoms with Crippen molar-refractivity contribution in [3.05, 3.63) is 65.7 Å². The molecule has 162 valence electrons. The van der Waals surface area contributed by atoms with E-state index in [0.717, 1.165) is 16.1 Å². The number of carboxylic acids is 1. The van der Waals surface area contributed by atoms with Crippen LogP contribution in [0, 0.1) is 0 Å². The number of imide groups is 2. The molecule has 0 spiro atoms. The van der Waals surface area contributed by atoms with Crippen LogP contribution >= 0.6 is 0 Å². The van der Waals surface area contributed by atoms with Crippen molar-refractivity contribution in [3.8, 4) is 0 Å². The monoisotopic (exact) mass is 445 g/mol. The molecule has 1 unspecified atom stereocenters. The second-order valence-electron chi connectivity index (χ2n) is 6.82. The van der Waals surface area contributed by atoms with Crippen LogP contribution in [-0.4, -0.2) is 66.6 Å². The molecular weight excluding hydrogens is 426 g/mol. The van der Waals surface area contributed by atoms with E-state index in [1.54, 1.807) is 30.3 Å². The molecule has 1 aliphatic rings. The van der Waals surface area contributed by atoms with E-state index in [2.05, 4.69) is 5.32 Å². The van der Waals surface area contributed by atoms with Gasteiger partial charge >= 0.3 is 18.0 Å². The summed E-state index contributed by atoms with van der Waals surface area (Å²) >= 11 is 0. The summed E-state index contributed by atoms with van der Waals surface area (Å²) in [5.74, 6) is -1.96. The van der Waals surface area contributed by atoms with Gasteiger partial charge in [-0.3, -0.25) is 9.69 Å². The number of nitrogens with one attached hydrogen (secondary N) is 1. The molecule has 2 aromatic carbocycles. The molecule has 31 heavy (non-hydrogen) atoms. The highest BCUT2D eigenvalue weighted by Gasteiger charge is 2.38. The maximum Gasteiger partial charge on any atom is 0.335 e. The Hall–Kier alpha value is -3.73. The van der Waals surface area contributed by atoms with Gasteiger partial charge in [-0.05, 0) is 29.8 Å². The summed E-state index contributed by atoms with van der Waals surface area (Å²) < 4.78 is 23.1. The van der Waals surface area contributed by atoms with Gasteiger partial charge in [0.1, 0.15) is 0 Å². The number of amides is 5. The molecule has 0 aromatic heterocycles. The fourth-order valence-corrected chi connectivity index (χ4v) is 3.68. The molecule has 5 amide bonds. The highest BCUT2D eigenvalue weighted by atomic mass is 32.2. The van der Waals surface area contributed by atoms with E-state index in [-0.39, 0.29) is 29.1 Å². The number of urea groups is 2. The Bertz CT molecular complexity index is 1130. The standard InChI is InChI=1S/C20H19N3O7S/c1-31(29,30)15-9-7-13(8-10-15)16(18(25)26)21-19(27)23-12-11-22(20(23)28)17(24)14-5-3-2-4-6-14/h2-10,16H,11-12H2,1H3,(H,21,27)(H,25,26). The van der Waals surface area contributed by atoms with Gasteiger partial charge < -0.3 is 10.4 Å². The molecule has 1 atom stereocenters. The molecular formula is C20H19N3O7S. The smallest absolute Gasteiger partial charge is 0.335 e. The predicted molar refractivity (Wildman–Crippen MR) is 108 cm³/mol. The molecule has 10 nitrogen and oxygen atoms in total. The van der Waals surface area contributed by atoms with Gasteiger partial charge in [0.25, 0.3) is 5.91 Å². The topological polar surface area (TPSA) is 141 Å². The average Bonchev–Trinajstić information content (AvgIpc) is 3.12. The van der Waals surface area contributed by atoms with E-state index in [4.69, 9.17) is 0 Å². The van der Waals surface area contributed by atoms with E-state index in [1.165, 1.54) is 24.3 Å². The molecule has 0 bridgehead atoms. The Morgan fingerprint density at radius 2 is 1.55 bits per heavy atom. The number of hydrogen-bond acceptors (Lipinski definition) is 6. The number of hydrogen-bond donors (Lipinski definition) is 2. The van der Waals surface area contributed by atoms with Crippen LogP contribution in [-0.2, 0) is 14.6 Å². The normalized spacial score (nSPS) is 14.9. The second kappa shape index (κ2) is 8.56. The third kappa shape index (κ3) is 4.72. The lowest BCUT2D eigenvalue weighted by Gasteiger charge is -2.20. The van der Waals surface area contributed by atoms with Crippen molar-refractivity contribution < 1.29 is 32.7 Å². The van der Waals surface area contributed by atoms with Crippen LogP contribution in [0.25, 0.3) is 0 Å². The number of carbonyl (C=O) groups excluding carboxylic acids is 3. The summed E-state index contributed by atoms with van der Waals surface area (Å²) in [6, 6.07) is 9.73. The van der Waals surface area contributed by atoms with Crippen molar-refractivity contribution in [2.45, 2.75) is 10.9 Å². The Morgan fingerprint density at radius 3 is 2.10 bits per heavy atom. The van der Waals surface area contributed by atoms with Gasteiger partial charge in [-0.15, -0.1) is 0 Å². The number of benzene rings is 2. The fourth-order valence-electron chi connectivity index (χ4n) is 3.05. The van der Waals surface area contributed by atoms with E-state index in [1.807, 2.05) is 0 Å². The number of carbonyl (C=O) groups is 4. The largest absolute Gasteiger partial charge is 0.479 e.